The standard InChI is InChI=1S/C12H27O4SSi/c1-12(2,3)10-8-7-9-11(16-18(5)6)15-17(4,13)14/h11H,7-10H2,1-6H3. The van der Waals surface area contributed by atoms with Crippen LogP contribution in [0, 0.1) is 5.41 Å². The van der Waals surface area contributed by atoms with Crippen LogP contribution in [0.25, 0.3) is 0 Å². The van der Waals surface area contributed by atoms with Crippen LogP contribution in [0.2, 0.25) is 13.1 Å². The Labute approximate surface area is 114 Å². The molecule has 1 atom stereocenters. The first-order valence-electron chi connectivity index (χ1n) is 6.35. The summed E-state index contributed by atoms with van der Waals surface area (Å²) in [5, 5.41) is 0. The summed E-state index contributed by atoms with van der Waals surface area (Å²) in [6.45, 7) is 10.5. The summed E-state index contributed by atoms with van der Waals surface area (Å²) >= 11 is 0. The van der Waals surface area contributed by atoms with E-state index in [0.29, 0.717) is 11.8 Å². The molecule has 0 rings (SSSR count). The molecule has 0 aromatic carbocycles. The summed E-state index contributed by atoms with van der Waals surface area (Å²) in [5.41, 5.74) is 0.318. The van der Waals surface area contributed by atoms with Gasteiger partial charge in [-0.3, -0.25) is 0 Å². The second kappa shape index (κ2) is 7.62. The molecule has 4 nitrogen and oxygen atoms in total. The average Bonchev–Trinajstić information content (AvgIpc) is 2.06. The van der Waals surface area contributed by atoms with E-state index < -0.39 is 25.4 Å². The second-order valence-electron chi connectivity index (χ2n) is 6.06. The van der Waals surface area contributed by atoms with Crippen LogP contribution in [-0.2, 0) is 18.7 Å². The highest BCUT2D eigenvalue weighted by Crippen LogP contribution is 2.23. The first kappa shape index (κ1) is 18.1. The fourth-order valence-corrected chi connectivity index (χ4v) is 2.84. The lowest BCUT2D eigenvalue weighted by molar-refractivity contribution is 0.00202. The van der Waals surface area contributed by atoms with Gasteiger partial charge >= 0.3 is 0 Å². The minimum Gasteiger partial charge on any atom is -0.392 e. The summed E-state index contributed by atoms with van der Waals surface area (Å²) in [6, 6.07) is 0. The van der Waals surface area contributed by atoms with Gasteiger partial charge in [0.15, 0.2) is 6.29 Å². The van der Waals surface area contributed by atoms with Crippen LogP contribution in [0.15, 0.2) is 0 Å². The minimum atomic E-state index is -3.44. The van der Waals surface area contributed by atoms with Gasteiger partial charge in [-0.05, 0) is 37.8 Å². The van der Waals surface area contributed by atoms with Gasteiger partial charge in [-0.1, -0.05) is 27.2 Å². The maximum Gasteiger partial charge on any atom is 0.266 e. The van der Waals surface area contributed by atoms with Gasteiger partial charge in [0, 0.05) is 0 Å². The van der Waals surface area contributed by atoms with Crippen LogP contribution in [0.4, 0.5) is 0 Å². The lowest BCUT2D eigenvalue weighted by Gasteiger charge is -2.21. The third-order valence-corrected chi connectivity index (χ3v) is 3.56. The van der Waals surface area contributed by atoms with Gasteiger partial charge in [0.25, 0.3) is 10.1 Å². The Kier molecular flexibility index (Phi) is 7.66. The van der Waals surface area contributed by atoms with Gasteiger partial charge in [-0.25, -0.2) is 4.18 Å². The fourth-order valence-electron chi connectivity index (χ4n) is 1.55. The van der Waals surface area contributed by atoms with Crippen molar-refractivity contribution < 1.29 is 17.0 Å². The Morgan fingerprint density at radius 1 is 1.17 bits per heavy atom. The van der Waals surface area contributed by atoms with Gasteiger partial charge in [0.1, 0.15) is 0 Å². The molecule has 0 bridgehead atoms. The van der Waals surface area contributed by atoms with Crippen LogP contribution in [-0.4, -0.2) is 30.0 Å². The molecule has 0 fully saturated rings. The van der Waals surface area contributed by atoms with Crippen LogP contribution < -0.4 is 0 Å². The predicted molar refractivity (Wildman–Crippen MR) is 76.2 cm³/mol. The quantitative estimate of drug-likeness (QED) is 0.299. The summed E-state index contributed by atoms with van der Waals surface area (Å²) in [7, 11) is -4.40. The Hall–Kier alpha value is 0.0869. The fraction of sp³-hybridized carbons (Fsp3) is 1.00. The van der Waals surface area contributed by atoms with Crippen molar-refractivity contribution in [3.05, 3.63) is 0 Å². The van der Waals surface area contributed by atoms with Gasteiger partial charge < -0.3 is 4.43 Å². The normalized spacial score (nSPS) is 15.1. The summed E-state index contributed by atoms with van der Waals surface area (Å²) in [4.78, 5) is 0. The van der Waals surface area contributed by atoms with Crippen molar-refractivity contribution in [3.63, 3.8) is 0 Å². The van der Waals surface area contributed by atoms with E-state index in [0.717, 1.165) is 25.5 Å². The molecule has 0 aromatic heterocycles. The van der Waals surface area contributed by atoms with E-state index in [1.165, 1.54) is 0 Å². The minimum absolute atomic E-state index is 0.318. The molecule has 6 heteroatoms. The number of hydrogen-bond acceptors (Lipinski definition) is 4. The van der Waals surface area contributed by atoms with Gasteiger partial charge in [0.2, 0.25) is 9.04 Å². The van der Waals surface area contributed by atoms with Gasteiger partial charge in [-0.15, -0.1) is 0 Å². The van der Waals surface area contributed by atoms with E-state index in [1.54, 1.807) is 0 Å². The van der Waals surface area contributed by atoms with Crippen molar-refractivity contribution in [2.75, 3.05) is 6.26 Å². The van der Waals surface area contributed by atoms with E-state index in [9.17, 15) is 8.42 Å². The maximum atomic E-state index is 11.1. The Balaban J connectivity index is 4.10. The molecule has 1 radical (unpaired) electrons. The largest absolute Gasteiger partial charge is 0.392 e. The highest BCUT2D eigenvalue weighted by Gasteiger charge is 2.18. The van der Waals surface area contributed by atoms with Crippen molar-refractivity contribution in [3.8, 4) is 0 Å². The van der Waals surface area contributed by atoms with Crippen LogP contribution in [0.1, 0.15) is 46.5 Å². The number of unbranched alkanes of at least 4 members (excludes halogenated alkanes) is 1. The van der Waals surface area contributed by atoms with Crippen molar-refractivity contribution in [2.45, 2.75) is 65.8 Å². The van der Waals surface area contributed by atoms with Crippen molar-refractivity contribution in [1.82, 2.24) is 0 Å². The summed E-state index contributed by atoms with van der Waals surface area (Å²) in [5.74, 6) is 0. The first-order chi connectivity index (χ1) is 7.99. The molecular weight excluding hydrogens is 268 g/mol. The second-order valence-corrected chi connectivity index (χ2v) is 9.72. The van der Waals surface area contributed by atoms with Crippen LogP contribution >= 0.6 is 0 Å². The number of hydrogen-bond donors (Lipinski definition) is 0. The molecule has 0 aliphatic heterocycles. The summed E-state index contributed by atoms with van der Waals surface area (Å²) in [6.07, 6.45) is 4.20. The van der Waals surface area contributed by atoms with E-state index >= 15 is 0 Å². The molecule has 0 aromatic rings. The Morgan fingerprint density at radius 2 is 1.72 bits per heavy atom. The summed E-state index contributed by atoms with van der Waals surface area (Å²) < 4.78 is 32.8. The molecule has 0 aliphatic rings. The molecule has 0 amide bonds. The van der Waals surface area contributed by atoms with E-state index in [1.807, 2.05) is 13.1 Å². The van der Waals surface area contributed by atoms with E-state index in [4.69, 9.17) is 8.61 Å². The maximum absolute atomic E-state index is 11.1. The molecule has 18 heavy (non-hydrogen) atoms. The first-order valence-corrected chi connectivity index (χ1v) is 10.6. The average molecular weight is 295 g/mol. The van der Waals surface area contributed by atoms with Crippen LogP contribution in [0.3, 0.4) is 0 Å². The monoisotopic (exact) mass is 295 g/mol. The highest BCUT2D eigenvalue weighted by atomic mass is 32.2. The third kappa shape index (κ3) is 12.5. The lowest BCUT2D eigenvalue weighted by atomic mass is 9.89. The molecule has 0 aliphatic carbocycles. The third-order valence-electron chi connectivity index (χ3n) is 2.27. The van der Waals surface area contributed by atoms with Crippen molar-refractivity contribution >= 4 is 19.2 Å². The molecular formula is C12H27O4SSi. The molecule has 109 valence electrons. The molecule has 0 spiro atoms. The Bertz CT molecular complexity index is 319. The highest BCUT2D eigenvalue weighted by molar-refractivity contribution is 7.86. The van der Waals surface area contributed by atoms with Crippen LogP contribution in [0.5, 0.6) is 0 Å². The molecule has 0 heterocycles. The smallest absolute Gasteiger partial charge is 0.266 e. The van der Waals surface area contributed by atoms with E-state index in [2.05, 4.69) is 20.8 Å². The zero-order chi connectivity index (χ0) is 14.4. The van der Waals surface area contributed by atoms with Crippen molar-refractivity contribution in [2.24, 2.45) is 5.41 Å². The topological polar surface area (TPSA) is 52.6 Å². The zero-order valence-electron chi connectivity index (χ0n) is 12.4. The molecule has 0 saturated carbocycles. The van der Waals surface area contributed by atoms with E-state index in [-0.39, 0.29) is 0 Å². The van der Waals surface area contributed by atoms with Gasteiger partial charge in [-0.2, -0.15) is 8.42 Å². The predicted octanol–water partition coefficient (Wildman–Crippen LogP) is 3.16. The Morgan fingerprint density at radius 3 is 2.11 bits per heavy atom. The number of rotatable bonds is 8. The lowest BCUT2D eigenvalue weighted by Crippen LogP contribution is -2.26. The molecule has 0 saturated heterocycles. The molecule has 1 unspecified atom stereocenters. The SMILES string of the molecule is C[Si](C)OC(CCCCC(C)(C)C)OS(C)(=O)=O. The van der Waals surface area contributed by atoms with Crippen molar-refractivity contribution in [1.29, 1.82) is 0 Å². The molecule has 0 N–H and O–H groups in total. The zero-order valence-corrected chi connectivity index (χ0v) is 14.3. The van der Waals surface area contributed by atoms with Gasteiger partial charge in [0.05, 0.1) is 6.26 Å².